The Morgan fingerprint density at radius 2 is 1.96 bits per heavy atom. The van der Waals surface area contributed by atoms with Crippen LogP contribution in [-0.4, -0.2) is 33.9 Å². The number of aromatic nitrogens is 1. The first kappa shape index (κ1) is 19.5. The molecule has 0 bridgehead atoms. The lowest BCUT2D eigenvalue weighted by Crippen LogP contribution is -2.31. The summed E-state index contributed by atoms with van der Waals surface area (Å²) in [6.07, 6.45) is 4.24. The molecule has 0 N–H and O–H groups in total. The molecular formula is C17H18N2O6S2. The Morgan fingerprint density at radius 3 is 2.59 bits per heavy atom. The van der Waals surface area contributed by atoms with E-state index in [9.17, 15) is 13.0 Å². The molecule has 0 atom stereocenters. The second-order valence-electron chi connectivity index (χ2n) is 5.63. The largest absolute Gasteiger partial charge is 0.726 e. The third-order valence-corrected chi connectivity index (χ3v) is 5.49. The minimum Gasteiger partial charge on any atom is -0.726 e. The van der Waals surface area contributed by atoms with Crippen LogP contribution in [0.2, 0.25) is 0 Å². The van der Waals surface area contributed by atoms with Gasteiger partial charge in [-0.2, -0.15) is 0 Å². The van der Waals surface area contributed by atoms with Crippen molar-refractivity contribution in [2.45, 2.75) is 4.90 Å². The number of aryl methyl sites for hydroxylation is 1. The third kappa shape index (κ3) is 4.53. The summed E-state index contributed by atoms with van der Waals surface area (Å²) in [5.41, 5.74) is 2.33. The highest BCUT2D eigenvalue weighted by Gasteiger charge is 2.27. The summed E-state index contributed by atoms with van der Waals surface area (Å²) >= 11 is 1.75. The van der Waals surface area contributed by atoms with Crippen LogP contribution in [-0.2, 0) is 21.6 Å². The number of benzene rings is 1. The van der Waals surface area contributed by atoms with Crippen molar-refractivity contribution in [3.8, 4) is 11.5 Å². The lowest BCUT2D eigenvalue weighted by Gasteiger charge is -2.13. The number of hydrogen-bond donors (Lipinski definition) is 0. The number of anilines is 1. The fourth-order valence-electron chi connectivity index (χ4n) is 2.50. The molecule has 144 valence electrons. The van der Waals surface area contributed by atoms with Crippen molar-refractivity contribution in [3.63, 3.8) is 0 Å². The van der Waals surface area contributed by atoms with Crippen LogP contribution >= 0.6 is 11.8 Å². The van der Waals surface area contributed by atoms with E-state index in [1.54, 1.807) is 11.8 Å². The van der Waals surface area contributed by atoms with E-state index in [2.05, 4.69) is 64.3 Å². The van der Waals surface area contributed by atoms with Crippen LogP contribution in [0.5, 0.6) is 11.5 Å². The van der Waals surface area contributed by atoms with Crippen LogP contribution in [0.15, 0.2) is 46.5 Å². The molecule has 0 saturated heterocycles. The molecule has 3 heterocycles. The van der Waals surface area contributed by atoms with E-state index in [-0.39, 0.29) is 0 Å². The highest BCUT2D eigenvalue weighted by atomic mass is 32.3. The highest BCUT2D eigenvalue weighted by molar-refractivity contribution is 8.03. The highest BCUT2D eigenvalue weighted by Crippen LogP contribution is 2.50. The fraction of sp³-hybridized carbons (Fsp3) is 0.235. The zero-order chi connectivity index (χ0) is 19.6. The van der Waals surface area contributed by atoms with Crippen molar-refractivity contribution >= 4 is 33.9 Å². The average Bonchev–Trinajstić information content (AvgIpc) is 3.20. The van der Waals surface area contributed by atoms with Crippen molar-refractivity contribution in [2.75, 3.05) is 25.9 Å². The minimum atomic E-state index is -4.41. The molecule has 0 aliphatic carbocycles. The summed E-state index contributed by atoms with van der Waals surface area (Å²) in [5.74, 6) is 1.66. The molecule has 0 radical (unpaired) electrons. The Morgan fingerprint density at radius 1 is 1.30 bits per heavy atom. The van der Waals surface area contributed by atoms with Gasteiger partial charge in [0, 0.05) is 42.3 Å². The number of ether oxygens (including phenoxy) is 2. The maximum atomic E-state index is 9.22. The standard InChI is InChI=1S/C16H15N2O2S.CH4O4S/c1-17-6-4-3-5-11(17)7-16-18(2)12-8-13-14(20-10-19-13)9-15(12)21-16;1-5-6(2,3)4/h3-9H,10H2,1-2H3;1H3,(H,2,3,4)/q+1;/p-1. The summed E-state index contributed by atoms with van der Waals surface area (Å²) in [5, 5.41) is 1.19. The SMILES string of the molecule is CN1C(=Cc2cccc[n+]2C)Sc2cc3c(cc21)OCO3.COS(=O)(=O)[O-]. The zero-order valence-electron chi connectivity index (χ0n) is 14.9. The summed E-state index contributed by atoms with van der Waals surface area (Å²) in [7, 11) is 0.526. The molecule has 0 spiro atoms. The van der Waals surface area contributed by atoms with E-state index in [0.29, 0.717) is 6.79 Å². The van der Waals surface area contributed by atoms with E-state index < -0.39 is 10.4 Å². The summed E-state index contributed by atoms with van der Waals surface area (Å²) in [4.78, 5) is 3.39. The molecule has 1 aromatic heterocycles. The van der Waals surface area contributed by atoms with Gasteiger partial charge in [-0.1, -0.05) is 11.8 Å². The van der Waals surface area contributed by atoms with Crippen LogP contribution < -0.4 is 18.9 Å². The maximum absolute atomic E-state index is 9.22. The Labute approximate surface area is 161 Å². The number of nitrogens with zero attached hydrogens (tertiary/aromatic N) is 2. The topological polar surface area (TPSA) is 92.0 Å². The Balaban J connectivity index is 0.000000307. The quantitative estimate of drug-likeness (QED) is 0.421. The molecular weight excluding hydrogens is 392 g/mol. The van der Waals surface area contributed by atoms with Gasteiger partial charge in [0.15, 0.2) is 17.7 Å². The zero-order valence-corrected chi connectivity index (χ0v) is 16.5. The molecule has 2 aliphatic heterocycles. The first-order chi connectivity index (χ1) is 12.8. The van der Waals surface area contributed by atoms with E-state index in [4.69, 9.17) is 9.47 Å². The lowest BCUT2D eigenvalue weighted by molar-refractivity contribution is -0.673. The number of hydrogen-bond acceptors (Lipinski definition) is 8. The van der Waals surface area contributed by atoms with Crippen LogP contribution in [0.1, 0.15) is 5.69 Å². The van der Waals surface area contributed by atoms with Gasteiger partial charge < -0.3 is 18.9 Å². The van der Waals surface area contributed by atoms with Crippen molar-refractivity contribution in [3.05, 3.63) is 47.3 Å². The Bertz CT molecular complexity index is 991. The fourth-order valence-corrected chi connectivity index (χ4v) is 3.60. The molecule has 0 saturated carbocycles. The van der Waals surface area contributed by atoms with E-state index in [0.717, 1.165) is 24.3 Å². The summed E-state index contributed by atoms with van der Waals surface area (Å²) in [6.45, 7) is 0.315. The third-order valence-electron chi connectivity index (χ3n) is 3.93. The van der Waals surface area contributed by atoms with E-state index in [1.807, 2.05) is 6.07 Å². The molecule has 8 nitrogen and oxygen atoms in total. The smallest absolute Gasteiger partial charge is 0.231 e. The molecule has 0 amide bonds. The number of pyridine rings is 1. The molecule has 1 aromatic carbocycles. The van der Waals surface area contributed by atoms with Crippen LogP contribution in [0.25, 0.3) is 6.08 Å². The number of rotatable bonds is 2. The molecule has 2 aromatic rings. The maximum Gasteiger partial charge on any atom is 0.231 e. The van der Waals surface area contributed by atoms with Crippen LogP contribution in [0, 0.1) is 0 Å². The lowest BCUT2D eigenvalue weighted by atomic mass is 10.2. The minimum absolute atomic E-state index is 0.315. The van der Waals surface area contributed by atoms with Crippen molar-refractivity contribution in [1.82, 2.24) is 0 Å². The molecule has 4 rings (SSSR count). The first-order valence-electron chi connectivity index (χ1n) is 7.81. The van der Waals surface area contributed by atoms with Crippen LogP contribution in [0.4, 0.5) is 5.69 Å². The Kier molecular flexibility index (Phi) is 5.61. The van der Waals surface area contributed by atoms with E-state index >= 15 is 0 Å². The van der Waals surface area contributed by atoms with Gasteiger partial charge in [0.2, 0.25) is 22.9 Å². The monoisotopic (exact) mass is 410 g/mol. The predicted molar refractivity (Wildman–Crippen MR) is 99.1 cm³/mol. The van der Waals surface area contributed by atoms with Gasteiger partial charge in [-0.05, 0) is 6.07 Å². The van der Waals surface area contributed by atoms with Gasteiger partial charge in [0.05, 0.1) is 17.8 Å². The molecule has 0 unspecified atom stereocenters. The first-order valence-corrected chi connectivity index (χ1v) is 9.96. The Hall–Kier alpha value is -2.27. The van der Waals surface area contributed by atoms with Gasteiger partial charge in [-0.15, -0.1) is 0 Å². The number of thioether (sulfide) groups is 1. The van der Waals surface area contributed by atoms with Crippen molar-refractivity contribution in [1.29, 1.82) is 0 Å². The number of fused-ring (bicyclic) bond motifs is 2. The molecule has 10 heteroatoms. The van der Waals surface area contributed by atoms with Crippen molar-refractivity contribution in [2.24, 2.45) is 7.05 Å². The summed E-state index contributed by atoms with van der Waals surface area (Å²) in [6, 6.07) is 10.3. The van der Waals surface area contributed by atoms with Gasteiger partial charge in [-0.25, -0.2) is 13.0 Å². The summed E-state index contributed by atoms with van der Waals surface area (Å²) < 4.78 is 44.0. The predicted octanol–water partition coefficient (Wildman–Crippen LogP) is 1.87. The van der Waals surface area contributed by atoms with Gasteiger partial charge in [0.1, 0.15) is 7.05 Å². The van der Waals surface area contributed by atoms with Gasteiger partial charge in [0.25, 0.3) is 0 Å². The van der Waals surface area contributed by atoms with E-state index in [1.165, 1.54) is 15.6 Å². The second kappa shape index (κ2) is 7.77. The van der Waals surface area contributed by atoms with Crippen molar-refractivity contribution < 1.29 is 31.2 Å². The van der Waals surface area contributed by atoms with Gasteiger partial charge in [-0.3, -0.25) is 4.18 Å². The normalized spacial score (nSPS) is 16.1. The molecule has 0 fully saturated rings. The molecule has 27 heavy (non-hydrogen) atoms. The average molecular weight is 410 g/mol. The second-order valence-corrected chi connectivity index (χ2v) is 7.84. The molecule has 2 aliphatic rings. The van der Waals surface area contributed by atoms with Crippen LogP contribution in [0.3, 0.4) is 0 Å². The van der Waals surface area contributed by atoms with Gasteiger partial charge >= 0.3 is 0 Å².